The molecule has 3 aromatic rings. The van der Waals surface area contributed by atoms with E-state index >= 15 is 0 Å². The number of rotatable bonds is 5. The van der Waals surface area contributed by atoms with Crippen molar-refractivity contribution in [2.75, 3.05) is 4.72 Å². The van der Waals surface area contributed by atoms with E-state index in [9.17, 15) is 22.0 Å². The molecule has 0 aliphatic carbocycles. The third kappa shape index (κ3) is 3.02. The molecule has 0 radical (unpaired) electrons. The average molecular weight is 358 g/mol. The minimum absolute atomic E-state index is 0.0924. The first-order valence-corrected chi connectivity index (χ1v) is 8.18. The molecule has 0 atom stereocenters. The molecule has 1 aromatic carbocycles. The fourth-order valence-electron chi connectivity index (χ4n) is 2.14. The number of sulfonamides is 1. The van der Waals surface area contributed by atoms with Crippen molar-refractivity contribution in [3.8, 4) is 0 Å². The first-order valence-electron chi connectivity index (χ1n) is 6.70. The molecule has 11 heteroatoms. The summed E-state index contributed by atoms with van der Waals surface area (Å²) in [7, 11) is -2.51. The van der Waals surface area contributed by atoms with Gasteiger partial charge in [0.05, 0.1) is 10.4 Å². The lowest BCUT2D eigenvalue weighted by Gasteiger charge is -2.05. The largest absolute Gasteiger partial charge is 0.419 e. The Morgan fingerprint density at radius 1 is 1.33 bits per heavy atom. The molecule has 0 aliphatic rings. The second kappa shape index (κ2) is 5.74. The first kappa shape index (κ1) is 16.2. The zero-order valence-corrected chi connectivity index (χ0v) is 13.1. The monoisotopic (exact) mass is 358 g/mol. The highest BCUT2D eigenvalue weighted by Gasteiger charge is 2.18. The number of aryl methyl sites for hydroxylation is 1. The summed E-state index contributed by atoms with van der Waals surface area (Å²) in [6, 6.07) is 5.20. The van der Waals surface area contributed by atoms with Gasteiger partial charge in [-0.2, -0.15) is 5.10 Å². The van der Waals surface area contributed by atoms with Crippen molar-refractivity contribution in [2.45, 2.75) is 17.9 Å². The molecule has 0 amide bonds. The van der Waals surface area contributed by atoms with Crippen LogP contribution in [0.3, 0.4) is 0 Å². The van der Waals surface area contributed by atoms with E-state index in [4.69, 9.17) is 4.42 Å². The van der Waals surface area contributed by atoms with Crippen LogP contribution in [0.1, 0.15) is 0 Å². The van der Waals surface area contributed by atoms with Gasteiger partial charge in [-0.05, 0) is 12.1 Å². The first-order chi connectivity index (χ1) is 11.3. The molecule has 0 aliphatic heterocycles. The van der Waals surface area contributed by atoms with Crippen LogP contribution in [0.5, 0.6) is 0 Å². The third-order valence-electron chi connectivity index (χ3n) is 3.28. The van der Waals surface area contributed by atoms with Gasteiger partial charge in [0, 0.05) is 25.4 Å². The van der Waals surface area contributed by atoms with Gasteiger partial charge in [0.25, 0.3) is 16.4 Å². The molecule has 24 heavy (non-hydrogen) atoms. The lowest BCUT2D eigenvalue weighted by atomic mass is 10.3. The van der Waals surface area contributed by atoms with Crippen LogP contribution in [0, 0.1) is 0 Å². The van der Waals surface area contributed by atoms with Crippen LogP contribution in [0.2, 0.25) is 0 Å². The quantitative estimate of drug-likeness (QED) is 0.743. The molecule has 1 N–H and O–H groups in total. The van der Waals surface area contributed by atoms with E-state index in [0.29, 0.717) is 5.52 Å². The van der Waals surface area contributed by atoms with Crippen molar-refractivity contribution in [3.05, 3.63) is 41.0 Å². The van der Waals surface area contributed by atoms with E-state index < -0.39 is 28.7 Å². The van der Waals surface area contributed by atoms with Crippen molar-refractivity contribution in [1.82, 2.24) is 14.3 Å². The van der Waals surface area contributed by atoms with E-state index in [1.165, 1.54) is 42.1 Å². The number of fused-ring (bicyclic) bond motifs is 1. The molecule has 2 heterocycles. The van der Waals surface area contributed by atoms with Gasteiger partial charge >= 0.3 is 5.76 Å². The second-order valence-corrected chi connectivity index (χ2v) is 6.66. The number of halogens is 2. The standard InChI is InChI=1S/C13H12F2N4O4S/c1-18-9-3-2-8(6-10(9)23-13(18)20)24(21,22)17-12-4-5-19(16-12)7-11(14)15/h2-6,11H,7H2,1H3,(H,16,17). The van der Waals surface area contributed by atoms with Gasteiger partial charge in [0.15, 0.2) is 11.4 Å². The number of nitrogens with zero attached hydrogens (tertiary/aromatic N) is 3. The zero-order chi connectivity index (χ0) is 17.5. The van der Waals surface area contributed by atoms with Gasteiger partial charge in [-0.15, -0.1) is 0 Å². The SMILES string of the molecule is Cn1c(=O)oc2cc(S(=O)(=O)Nc3ccn(CC(F)F)n3)ccc21. The van der Waals surface area contributed by atoms with E-state index in [1.807, 2.05) is 0 Å². The van der Waals surface area contributed by atoms with Gasteiger partial charge in [0.2, 0.25) is 0 Å². The summed E-state index contributed by atoms with van der Waals surface area (Å²) in [5.41, 5.74) is 0.564. The smallest absolute Gasteiger partial charge is 0.408 e. The Labute approximate surface area is 134 Å². The minimum Gasteiger partial charge on any atom is -0.408 e. The summed E-state index contributed by atoms with van der Waals surface area (Å²) >= 11 is 0. The lowest BCUT2D eigenvalue weighted by Crippen LogP contribution is -2.14. The molecule has 8 nitrogen and oxygen atoms in total. The Kier molecular flexibility index (Phi) is 3.87. The predicted molar refractivity (Wildman–Crippen MR) is 80.5 cm³/mol. The summed E-state index contributed by atoms with van der Waals surface area (Å²) in [6.07, 6.45) is -1.36. The van der Waals surface area contributed by atoms with Crippen molar-refractivity contribution < 1.29 is 21.6 Å². The van der Waals surface area contributed by atoms with Crippen LogP contribution in [-0.4, -0.2) is 29.2 Å². The normalized spacial score (nSPS) is 12.2. The van der Waals surface area contributed by atoms with Gasteiger partial charge in [-0.25, -0.2) is 22.0 Å². The summed E-state index contributed by atoms with van der Waals surface area (Å²) in [5, 5.41) is 3.71. The summed E-state index contributed by atoms with van der Waals surface area (Å²) in [5.74, 6) is -0.705. The number of anilines is 1. The minimum atomic E-state index is -4.01. The maximum absolute atomic E-state index is 12.3. The molecule has 3 rings (SSSR count). The Morgan fingerprint density at radius 3 is 2.79 bits per heavy atom. The molecular formula is C13H12F2N4O4S. The van der Waals surface area contributed by atoms with Gasteiger partial charge < -0.3 is 4.42 Å². The highest BCUT2D eigenvalue weighted by atomic mass is 32.2. The fraction of sp³-hybridized carbons (Fsp3) is 0.231. The molecule has 0 bridgehead atoms. The summed E-state index contributed by atoms with van der Waals surface area (Å²) in [6.45, 7) is -0.636. The van der Waals surface area contributed by atoms with Crippen LogP contribution in [0.25, 0.3) is 11.1 Å². The van der Waals surface area contributed by atoms with Gasteiger partial charge in [0.1, 0.15) is 6.54 Å². The van der Waals surface area contributed by atoms with Gasteiger partial charge in [-0.3, -0.25) is 14.0 Å². The Hall–Kier alpha value is -2.69. The van der Waals surface area contributed by atoms with E-state index in [0.717, 1.165) is 4.68 Å². The molecule has 2 aromatic heterocycles. The Morgan fingerprint density at radius 2 is 2.08 bits per heavy atom. The van der Waals surface area contributed by atoms with Crippen LogP contribution in [0.15, 0.2) is 44.6 Å². The molecule has 128 valence electrons. The predicted octanol–water partition coefficient (Wildman–Crippen LogP) is 1.39. The maximum Gasteiger partial charge on any atom is 0.419 e. The van der Waals surface area contributed by atoms with Crippen molar-refractivity contribution >= 4 is 26.9 Å². The summed E-state index contributed by atoms with van der Waals surface area (Å²) in [4.78, 5) is 11.3. The second-order valence-electron chi connectivity index (χ2n) is 4.98. The highest BCUT2D eigenvalue weighted by Crippen LogP contribution is 2.20. The molecular weight excluding hydrogens is 346 g/mol. The number of benzene rings is 1. The topological polar surface area (TPSA) is 99.1 Å². The van der Waals surface area contributed by atoms with Crippen molar-refractivity contribution in [2.24, 2.45) is 7.05 Å². The highest BCUT2D eigenvalue weighted by molar-refractivity contribution is 7.92. The fourth-order valence-corrected chi connectivity index (χ4v) is 3.15. The maximum atomic E-state index is 12.3. The van der Waals surface area contributed by atoms with E-state index in [1.54, 1.807) is 0 Å². The van der Waals surface area contributed by atoms with E-state index in [-0.39, 0.29) is 16.3 Å². The third-order valence-corrected chi connectivity index (χ3v) is 4.63. The van der Waals surface area contributed by atoms with Crippen LogP contribution < -0.4 is 10.5 Å². The number of hydrogen-bond acceptors (Lipinski definition) is 5. The zero-order valence-electron chi connectivity index (χ0n) is 12.3. The number of hydrogen-bond donors (Lipinski definition) is 1. The van der Waals surface area contributed by atoms with Gasteiger partial charge in [-0.1, -0.05) is 0 Å². The Bertz CT molecular complexity index is 1050. The van der Waals surface area contributed by atoms with Crippen molar-refractivity contribution in [1.29, 1.82) is 0 Å². The average Bonchev–Trinajstić information content (AvgIpc) is 3.02. The number of alkyl halides is 2. The van der Waals surface area contributed by atoms with E-state index in [2.05, 4.69) is 9.82 Å². The molecule has 0 spiro atoms. The molecule has 0 saturated heterocycles. The summed E-state index contributed by atoms with van der Waals surface area (Å²) < 4.78 is 58.5. The van der Waals surface area contributed by atoms with Crippen LogP contribution >= 0.6 is 0 Å². The molecule has 0 fully saturated rings. The molecule has 0 saturated carbocycles. The number of nitrogens with one attached hydrogen (secondary N) is 1. The number of aromatic nitrogens is 3. The van der Waals surface area contributed by atoms with Crippen LogP contribution in [-0.2, 0) is 23.6 Å². The number of oxazole rings is 1. The Balaban J connectivity index is 1.90. The molecule has 0 unspecified atom stereocenters. The van der Waals surface area contributed by atoms with Crippen molar-refractivity contribution in [3.63, 3.8) is 0 Å². The van der Waals surface area contributed by atoms with Crippen LogP contribution in [0.4, 0.5) is 14.6 Å². The lowest BCUT2D eigenvalue weighted by molar-refractivity contribution is 0.122.